The first-order valence-corrected chi connectivity index (χ1v) is 7.57. The summed E-state index contributed by atoms with van der Waals surface area (Å²) in [5, 5.41) is 0. The lowest BCUT2D eigenvalue weighted by Gasteiger charge is -2.35. The van der Waals surface area contributed by atoms with E-state index >= 15 is 0 Å². The largest absolute Gasteiger partial charge is 0.330 e. The Morgan fingerprint density at radius 1 is 1.20 bits per heavy atom. The second-order valence-corrected chi connectivity index (χ2v) is 7.00. The van der Waals surface area contributed by atoms with Gasteiger partial charge in [0.15, 0.2) is 9.84 Å². The van der Waals surface area contributed by atoms with Gasteiger partial charge in [-0.1, -0.05) is 0 Å². The quantitative estimate of drug-likeness (QED) is 0.719. The molecule has 2 N–H and O–H groups in total. The lowest BCUT2D eigenvalue weighted by Crippen LogP contribution is -2.43. The highest BCUT2D eigenvalue weighted by molar-refractivity contribution is 7.91. The highest BCUT2D eigenvalue weighted by Gasteiger charge is 2.33. The molecular formula is C10H20N2O2S. The molecule has 0 aromatic rings. The van der Waals surface area contributed by atoms with E-state index in [9.17, 15) is 8.42 Å². The van der Waals surface area contributed by atoms with Gasteiger partial charge in [-0.05, 0) is 44.8 Å². The summed E-state index contributed by atoms with van der Waals surface area (Å²) in [6.07, 6.45) is 3.09. The van der Waals surface area contributed by atoms with E-state index in [0.29, 0.717) is 17.4 Å². The molecule has 0 aliphatic carbocycles. The highest BCUT2D eigenvalue weighted by atomic mass is 32.2. The second kappa shape index (κ2) is 4.39. The Labute approximate surface area is 91.7 Å². The van der Waals surface area contributed by atoms with Crippen LogP contribution in [0.5, 0.6) is 0 Å². The van der Waals surface area contributed by atoms with Crippen molar-refractivity contribution in [3.8, 4) is 0 Å². The Hall–Kier alpha value is -0.130. The molecule has 0 radical (unpaired) electrons. The summed E-state index contributed by atoms with van der Waals surface area (Å²) in [7, 11) is -2.73. The molecule has 2 heterocycles. The Balaban J connectivity index is 1.87. The number of nitrogens with zero attached hydrogens (tertiary/aromatic N) is 1. The summed E-state index contributed by atoms with van der Waals surface area (Å²) >= 11 is 0. The van der Waals surface area contributed by atoms with Crippen LogP contribution in [0.3, 0.4) is 0 Å². The van der Waals surface area contributed by atoms with Crippen molar-refractivity contribution >= 4 is 9.84 Å². The summed E-state index contributed by atoms with van der Waals surface area (Å²) < 4.78 is 22.7. The second-order valence-electron chi connectivity index (χ2n) is 4.77. The highest BCUT2D eigenvalue weighted by Crippen LogP contribution is 2.23. The zero-order chi connectivity index (χ0) is 10.9. The summed E-state index contributed by atoms with van der Waals surface area (Å²) in [5.74, 6) is 1.41. The maximum absolute atomic E-state index is 11.4. The zero-order valence-corrected chi connectivity index (χ0v) is 9.88. The predicted molar refractivity (Wildman–Crippen MR) is 60.4 cm³/mol. The summed E-state index contributed by atoms with van der Waals surface area (Å²) in [4.78, 5) is 2.34. The molecule has 2 saturated heterocycles. The minimum Gasteiger partial charge on any atom is -0.330 e. The first-order chi connectivity index (χ1) is 7.11. The lowest BCUT2D eigenvalue weighted by atomic mass is 9.96. The molecular weight excluding hydrogens is 212 g/mol. The molecule has 4 nitrogen and oxygen atoms in total. The Morgan fingerprint density at radius 2 is 1.87 bits per heavy atom. The van der Waals surface area contributed by atoms with Gasteiger partial charge in [0.25, 0.3) is 0 Å². The van der Waals surface area contributed by atoms with Gasteiger partial charge in [0.2, 0.25) is 0 Å². The Kier molecular flexibility index (Phi) is 3.33. The smallest absolute Gasteiger partial charge is 0.151 e. The Bertz CT molecular complexity index is 307. The first kappa shape index (κ1) is 11.4. The van der Waals surface area contributed by atoms with Crippen LogP contribution in [0.2, 0.25) is 0 Å². The molecule has 1 unspecified atom stereocenters. The average Bonchev–Trinajstić information content (AvgIpc) is 2.59. The molecule has 1 atom stereocenters. The van der Waals surface area contributed by atoms with E-state index in [2.05, 4.69) is 4.90 Å². The third kappa shape index (κ3) is 2.71. The molecule has 0 saturated carbocycles. The first-order valence-electron chi connectivity index (χ1n) is 5.75. The number of likely N-dealkylation sites (tertiary alicyclic amines) is 1. The van der Waals surface area contributed by atoms with E-state index in [-0.39, 0.29) is 6.04 Å². The van der Waals surface area contributed by atoms with Crippen molar-refractivity contribution in [1.29, 1.82) is 0 Å². The van der Waals surface area contributed by atoms with Crippen molar-refractivity contribution in [2.45, 2.75) is 25.3 Å². The van der Waals surface area contributed by atoms with Gasteiger partial charge in [0.1, 0.15) is 0 Å². The van der Waals surface area contributed by atoms with Gasteiger partial charge in [-0.15, -0.1) is 0 Å². The van der Waals surface area contributed by atoms with E-state index in [0.717, 1.165) is 38.9 Å². The standard InChI is InChI=1S/C10H20N2O2S/c11-7-9-1-4-12(5-2-9)10-3-6-15(13,14)8-10/h9-10H,1-8,11H2. The molecule has 0 aromatic heterocycles. The third-order valence-corrected chi connectivity index (χ3v) is 5.46. The fraction of sp³-hybridized carbons (Fsp3) is 1.00. The van der Waals surface area contributed by atoms with Crippen molar-refractivity contribution in [3.63, 3.8) is 0 Å². The maximum atomic E-state index is 11.4. The van der Waals surface area contributed by atoms with Crippen molar-refractivity contribution in [3.05, 3.63) is 0 Å². The number of piperidine rings is 1. The van der Waals surface area contributed by atoms with Crippen molar-refractivity contribution in [1.82, 2.24) is 4.90 Å². The molecule has 2 fully saturated rings. The van der Waals surface area contributed by atoms with E-state index in [1.165, 1.54) is 0 Å². The fourth-order valence-corrected chi connectivity index (χ4v) is 4.38. The SMILES string of the molecule is NCC1CCN(C2CCS(=O)(=O)C2)CC1. The molecule has 2 aliphatic heterocycles. The molecule has 15 heavy (non-hydrogen) atoms. The zero-order valence-electron chi connectivity index (χ0n) is 9.06. The van der Waals surface area contributed by atoms with Gasteiger partial charge >= 0.3 is 0 Å². The van der Waals surface area contributed by atoms with Gasteiger partial charge in [-0.3, -0.25) is 4.90 Å². The third-order valence-electron chi connectivity index (χ3n) is 3.71. The van der Waals surface area contributed by atoms with E-state index in [4.69, 9.17) is 5.73 Å². The number of hydrogen-bond acceptors (Lipinski definition) is 4. The Morgan fingerprint density at radius 3 is 2.33 bits per heavy atom. The van der Waals surface area contributed by atoms with Crippen LogP contribution in [-0.2, 0) is 9.84 Å². The maximum Gasteiger partial charge on any atom is 0.151 e. The molecule has 0 aromatic carbocycles. The number of sulfone groups is 1. The number of hydrogen-bond donors (Lipinski definition) is 1. The van der Waals surface area contributed by atoms with Gasteiger partial charge in [0, 0.05) is 6.04 Å². The number of rotatable bonds is 2. The monoisotopic (exact) mass is 232 g/mol. The molecule has 2 aliphatic rings. The van der Waals surface area contributed by atoms with Crippen LogP contribution in [0, 0.1) is 5.92 Å². The van der Waals surface area contributed by atoms with Crippen molar-refractivity contribution in [2.75, 3.05) is 31.1 Å². The predicted octanol–water partition coefficient (Wildman–Crippen LogP) is -0.156. The summed E-state index contributed by atoms with van der Waals surface area (Å²) in [5.41, 5.74) is 5.63. The van der Waals surface area contributed by atoms with Crippen LogP contribution in [0.1, 0.15) is 19.3 Å². The molecule has 0 amide bonds. The molecule has 2 rings (SSSR count). The van der Waals surface area contributed by atoms with Crippen molar-refractivity contribution < 1.29 is 8.42 Å². The van der Waals surface area contributed by atoms with Gasteiger partial charge in [0.05, 0.1) is 11.5 Å². The summed E-state index contributed by atoms with van der Waals surface area (Å²) in [6, 6.07) is 0.286. The van der Waals surface area contributed by atoms with Crippen LogP contribution in [-0.4, -0.2) is 50.5 Å². The van der Waals surface area contributed by atoms with E-state index in [1.54, 1.807) is 0 Å². The normalized spacial score (nSPS) is 33.3. The molecule has 0 bridgehead atoms. The topological polar surface area (TPSA) is 63.4 Å². The molecule has 0 spiro atoms. The fourth-order valence-electron chi connectivity index (χ4n) is 2.62. The lowest BCUT2D eigenvalue weighted by molar-refractivity contribution is 0.146. The minimum absolute atomic E-state index is 0.286. The van der Waals surface area contributed by atoms with Crippen LogP contribution in [0.25, 0.3) is 0 Å². The van der Waals surface area contributed by atoms with E-state index < -0.39 is 9.84 Å². The van der Waals surface area contributed by atoms with Gasteiger partial charge < -0.3 is 5.73 Å². The van der Waals surface area contributed by atoms with Crippen LogP contribution < -0.4 is 5.73 Å². The van der Waals surface area contributed by atoms with Gasteiger partial charge in [-0.25, -0.2) is 8.42 Å². The van der Waals surface area contributed by atoms with Crippen LogP contribution in [0.4, 0.5) is 0 Å². The minimum atomic E-state index is -2.73. The van der Waals surface area contributed by atoms with E-state index in [1.807, 2.05) is 0 Å². The van der Waals surface area contributed by atoms with Crippen LogP contribution >= 0.6 is 0 Å². The number of nitrogens with two attached hydrogens (primary N) is 1. The average molecular weight is 232 g/mol. The van der Waals surface area contributed by atoms with Gasteiger partial charge in [-0.2, -0.15) is 0 Å². The van der Waals surface area contributed by atoms with Crippen LogP contribution in [0.15, 0.2) is 0 Å². The van der Waals surface area contributed by atoms with Crippen molar-refractivity contribution in [2.24, 2.45) is 11.7 Å². The molecule has 5 heteroatoms. The molecule has 88 valence electrons. The summed E-state index contributed by atoms with van der Waals surface area (Å²) in [6.45, 7) is 2.83.